The molecule has 0 radical (unpaired) electrons. The highest BCUT2D eigenvalue weighted by Crippen LogP contribution is 2.25. The molecule has 2 aromatic rings. The second-order valence-corrected chi connectivity index (χ2v) is 5.12. The zero-order valence-corrected chi connectivity index (χ0v) is 12.6. The average molecular weight is 319 g/mol. The van der Waals surface area contributed by atoms with Gasteiger partial charge in [0.05, 0.1) is 4.92 Å². The number of hydrogen-bond donors (Lipinski definition) is 2. The van der Waals surface area contributed by atoms with Crippen LogP contribution in [0, 0.1) is 22.9 Å². The molecule has 0 aromatic heterocycles. The van der Waals surface area contributed by atoms with Gasteiger partial charge in [-0.3, -0.25) is 10.1 Å². The first kappa shape index (κ1) is 15.8. The molecule has 0 amide bonds. The number of hydrogen-bond acceptors (Lipinski definition) is 3. The summed E-state index contributed by atoms with van der Waals surface area (Å²) in [4.78, 5) is 10.6. The lowest BCUT2D eigenvalue weighted by atomic mass is 10.2. The summed E-state index contributed by atoms with van der Waals surface area (Å²) < 4.78 is 12.8. The van der Waals surface area contributed by atoms with E-state index in [0.717, 1.165) is 11.1 Å². The Labute approximate surface area is 132 Å². The van der Waals surface area contributed by atoms with Gasteiger partial charge in [-0.2, -0.15) is 0 Å². The topological polar surface area (TPSA) is 67.2 Å². The largest absolute Gasteiger partial charge is 0.358 e. The van der Waals surface area contributed by atoms with E-state index in [1.54, 1.807) is 31.2 Å². The number of rotatable bonds is 4. The van der Waals surface area contributed by atoms with Gasteiger partial charge in [0, 0.05) is 12.6 Å². The first-order chi connectivity index (χ1) is 10.5. The van der Waals surface area contributed by atoms with Gasteiger partial charge in [0.15, 0.2) is 5.11 Å². The Bertz CT molecular complexity index is 704. The lowest BCUT2D eigenvalue weighted by molar-refractivity contribution is -0.383. The van der Waals surface area contributed by atoms with Crippen LogP contribution in [-0.2, 0) is 6.54 Å². The van der Waals surface area contributed by atoms with Gasteiger partial charge in [-0.05, 0) is 48.5 Å². The standard InChI is InChI=1S/C15H14FN3O2S/c1-10-2-7-13(14(8-10)19(20)21)18-15(22)17-9-11-3-5-12(16)6-4-11/h2-8H,9H2,1H3,(H2,17,18,22). The molecule has 2 aromatic carbocycles. The maximum absolute atomic E-state index is 12.8. The van der Waals surface area contributed by atoms with E-state index in [1.807, 2.05) is 0 Å². The van der Waals surface area contributed by atoms with Crippen molar-refractivity contribution in [3.63, 3.8) is 0 Å². The quantitative estimate of drug-likeness (QED) is 0.513. The third-order valence-electron chi connectivity index (χ3n) is 2.96. The Kier molecular flexibility index (Phi) is 5.00. The smallest absolute Gasteiger partial charge is 0.292 e. The molecule has 0 atom stereocenters. The molecule has 2 N–H and O–H groups in total. The molecule has 0 saturated carbocycles. The summed E-state index contributed by atoms with van der Waals surface area (Å²) in [6.07, 6.45) is 0. The van der Waals surface area contributed by atoms with Crippen LogP contribution >= 0.6 is 12.2 Å². The van der Waals surface area contributed by atoms with Crippen molar-refractivity contribution in [3.8, 4) is 0 Å². The van der Waals surface area contributed by atoms with Gasteiger partial charge in [-0.1, -0.05) is 18.2 Å². The SMILES string of the molecule is Cc1ccc(NC(=S)NCc2ccc(F)cc2)c([N+](=O)[O-])c1. The summed E-state index contributed by atoms with van der Waals surface area (Å²) >= 11 is 5.12. The lowest BCUT2D eigenvalue weighted by Gasteiger charge is -2.11. The van der Waals surface area contributed by atoms with E-state index in [4.69, 9.17) is 12.2 Å². The number of nitro benzene ring substituents is 1. The Morgan fingerprint density at radius 3 is 2.59 bits per heavy atom. The third kappa shape index (κ3) is 4.23. The predicted molar refractivity (Wildman–Crippen MR) is 87.3 cm³/mol. The summed E-state index contributed by atoms with van der Waals surface area (Å²) in [5.41, 5.74) is 1.93. The van der Waals surface area contributed by atoms with Crippen LogP contribution in [0.4, 0.5) is 15.8 Å². The van der Waals surface area contributed by atoms with E-state index < -0.39 is 4.92 Å². The Hall–Kier alpha value is -2.54. The van der Waals surface area contributed by atoms with Crippen LogP contribution in [0.5, 0.6) is 0 Å². The molecule has 0 aliphatic rings. The Morgan fingerprint density at radius 1 is 1.27 bits per heavy atom. The van der Waals surface area contributed by atoms with Crippen LogP contribution in [0.15, 0.2) is 42.5 Å². The zero-order valence-electron chi connectivity index (χ0n) is 11.8. The maximum atomic E-state index is 12.8. The molecule has 0 aliphatic heterocycles. The van der Waals surface area contributed by atoms with Gasteiger partial charge in [0.25, 0.3) is 5.69 Å². The summed E-state index contributed by atoms with van der Waals surface area (Å²) in [6, 6.07) is 10.8. The number of aryl methyl sites for hydroxylation is 1. The minimum atomic E-state index is -0.460. The minimum absolute atomic E-state index is 0.0362. The van der Waals surface area contributed by atoms with E-state index >= 15 is 0 Å². The van der Waals surface area contributed by atoms with Crippen molar-refractivity contribution in [1.29, 1.82) is 0 Å². The highest BCUT2D eigenvalue weighted by Gasteiger charge is 2.14. The predicted octanol–water partition coefficient (Wildman–Crippen LogP) is 3.53. The van der Waals surface area contributed by atoms with Crippen molar-refractivity contribution >= 4 is 28.7 Å². The normalized spacial score (nSPS) is 10.1. The molecule has 0 bridgehead atoms. The first-order valence-corrected chi connectivity index (χ1v) is 6.91. The molecule has 0 aliphatic carbocycles. The molecule has 0 saturated heterocycles. The van der Waals surface area contributed by atoms with Gasteiger partial charge in [-0.15, -0.1) is 0 Å². The average Bonchev–Trinajstić information content (AvgIpc) is 2.48. The molecule has 2 rings (SSSR count). The van der Waals surface area contributed by atoms with Crippen molar-refractivity contribution in [2.75, 3.05) is 5.32 Å². The van der Waals surface area contributed by atoms with E-state index in [2.05, 4.69) is 10.6 Å². The molecule has 5 nitrogen and oxygen atoms in total. The second kappa shape index (κ2) is 6.95. The highest BCUT2D eigenvalue weighted by molar-refractivity contribution is 7.80. The van der Waals surface area contributed by atoms with Crippen molar-refractivity contribution < 1.29 is 9.31 Å². The highest BCUT2D eigenvalue weighted by atomic mass is 32.1. The molecule has 7 heteroatoms. The first-order valence-electron chi connectivity index (χ1n) is 6.50. The summed E-state index contributed by atoms with van der Waals surface area (Å²) in [5, 5.41) is 17.0. The molecule has 22 heavy (non-hydrogen) atoms. The number of nitro groups is 1. The summed E-state index contributed by atoms with van der Waals surface area (Å²) in [5.74, 6) is -0.306. The van der Waals surface area contributed by atoms with Crippen LogP contribution in [0.25, 0.3) is 0 Å². The number of thiocarbonyl (C=S) groups is 1. The van der Waals surface area contributed by atoms with Crippen LogP contribution < -0.4 is 10.6 Å². The monoisotopic (exact) mass is 319 g/mol. The fraction of sp³-hybridized carbons (Fsp3) is 0.133. The number of halogens is 1. The molecule has 0 fully saturated rings. The second-order valence-electron chi connectivity index (χ2n) is 4.71. The third-order valence-corrected chi connectivity index (χ3v) is 3.21. The minimum Gasteiger partial charge on any atom is -0.358 e. The van der Waals surface area contributed by atoms with Gasteiger partial charge in [0.1, 0.15) is 11.5 Å². The van der Waals surface area contributed by atoms with E-state index in [0.29, 0.717) is 12.2 Å². The molecule has 0 unspecified atom stereocenters. The lowest BCUT2D eigenvalue weighted by Crippen LogP contribution is -2.28. The van der Waals surface area contributed by atoms with Crippen molar-refractivity contribution in [3.05, 3.63) is 69.5 Å². The number of nitrogens with zero attached hydrogens (tertiary/aromatic N) is 1. The zero-order chi connectivity index (χ0) is 16.1. The molecule has 0 spiro atoms. The van der Waals surface area contributed by atoms with Gasteiger partial charge in [-0.25, -0.2) is 4.39 Å². The summed E-state index contributed by atoms with van der Waals surface area (Å²) in [7, 11) is 0. The van der Waals surface area contributed by atoms with Crippen LogP contribution in [0.2, 0.25) is 0 Å². The Balaban J connectivity index is 2.00. The molecular formula is C15H14FN3O2S. The number of benzene rings is 2. The van der Waals surface area contributed by atoms with E-state index in [1.165, 1.54) is 18.2 Å². The fourth-order valence-corrected chi connectivity index (χ4v) is 2.03. The number of anilines is 1. The maximum Gasteiger partial charge on any atom is 0.292 e. The van der Waals surface area contributed by atoms with E-state index in [-0.39, 0.29) is 16.6 Å². The molecular weight excluding hydrogens is 305 g/mol. The van der Waals surface area contributed by atoms with Gasteiger partial charge >= 0.3 is 0 Å². The van der Waals surface area contributed by atoms with Crippen molar-refractivity contribution in [1.82, 2.24) is 5.32 Å². The Morgan fingerprint density at radius 2 is 1.95 bits per heavy atom. The van der Waals surface area contributed by atoms with Crippen molar-refractivity contribution in [2.24, 2.45) is 0 Å². The van der Waals surface area contributed by atoms with Crippen LogP contribution in [0.3, 0.4) is 0 Å². The number of nitrogens with one attached hydrogen (secondary N) is 2. The van der Waals surface area contributed by atoms with E-state index in [9.17, 15) is 14.5 Å². The van der Waals surface area contributed by atoms with Crippen LogP contribution in [-0.4, -0.2) is 10.0 Å². The van der Waals surface area contributed by atoms with Gasteiger partial charge < -0.3 is 10.6 Å². The summed E-state index contributed by atoms with van der Waals surface area (Å²) in [6.45, 7) is 2.17. The van der Waals surface area contributed by atoms with Crippen molar-refractivity contribution in [2.45, 2.75) is 13.5 Å². The molecule has 0 heterocycles. The fourth-order valence-electron chi connectivity index (χ4n) is 1.85. The van der Waals surface area contributed by atoms with Crippen LogP contribution in [0.1, 0.15) is 11.1 Å². The molecule has 114 valence electrons. The van der Waals surface area contributed by atoms with Gasteiger partial charge in [0.2, 0.25) is 0 Å².